The van der Waals surface area contributed by atoms with Crippen LogP contribution in [-0.2, 0) is 13.0 Å². The van der Waals surface area contributed by atoms with Gasteiger partial charge in [0.1, 0.15) is 10.7 Å². The lowest BCUT2D eigenvalue weighted by Gasteiger charge is -2.12. The molecular weight excluding hydrogens is 410 g/mol. The molecule has 0 saturated heterocycles. The van der Waals surface area contributed by atoms with E-state index < -0.39 is 0 Å². The van der Waals surface area contributed by atoms with Crippen molar-refractivity contribution in [2.45, 2.75) is 39.7 Å². The summed E-state index contributed by atoms with van der Waals surface area (Å²) in [6.07, 6.45) is 3.96. The van der Waals surface area contributed by atoms with Gasteiger partial charge >= 0.3 is 0 Å². The highest BCUT2D eigenvalue weighted by Gasteiger charge is 2.15. The molecule has 0 spiro atoms. The third-order valence-electron chi connectivity index (χ3n) is 4.99. The van der Waals surface area contributed by atoms with Crippen molar-refractivity contribution < 1.29 is 4.74 Å². The normalized spacial score (nSPS) is 11.2. The number of benzene rings is 1. The second-order valence-corrected chi connectivity index (χ2v) is 8.43. The van der Waals surface area contributed by atoms with Crippen LogP contribution in [0.25, 0.3) is 20.7 Å². The van der Waals surface area contributed by atoms with Crippen molar-refractivity contribution in [3.05, 3.63) is 80.8 Å². The van der Waals surface area contributed by atoms with E-state index in [0.717, 1.165) is 33.9 Å². The average molecular weight is 436 g/mol. The first-order chi connectivity index (χ1) is 15.1. The van der Waals surface area contributed by atoms with Crippen LogP contribution in [0, 0.1) is 0 Å². The van der Waals surface area contributed by atoms with E-state index in [0.29, 0.717) is 29.9 Å². The molecule has 0 radical (unpaired) electrons. The van der Waals surface area contributed by atoms with Crippen molar-refractivity contribution in [2.75, 3.05) is 6.61 Å². The first-order valence-corrected chi connectivity index (χ1v) is 11.4. The van der Waals surface area contributed by atoms with Crippen LogP contribution in [0.1, 0.15) is 38.2 Å². The number of aromatic nitrogens is 3. The summed E-state index contributed by atoms with van der Waals surface area (Å²) in [4.78, 5) is 35.4. The van der Waals surface area contributed by atoms with E-state index in [2.05, 4.69) is 11.9 Å². The number of nitrogens with zero attached hydrogens (tertiary/aromatic N) is 2. The first kappa shape index (κ1) is 21.1. The Labute approximate surface area is 184 Å². The van der Waals surface area contributed by atoms with Gasteiger partial charge in [-0.1, -0.05) is 44.2 Å². The van der Waals surface area contributed by atoms with Gasteiger partial charge in [-0.25, -0.2) is 4.98 Å². The highest BCUT2D eigenvalue weighted by molar-refractivity contribution is 7.21. The Hall–Kier alpha value is -3.19. The van der Waals surface area contributed by atoms with Crippen LogP contribution in [0.2, 0.25) is 0 Å². The monoisotopic (exact) mass is 435 g/mol. The van der Waals surface area contributed by atoms with Gasteiger partial charge in [-0.05, 0) is 24.5 Å². The molecule has 0 atom stereocenters. The van der Waals surface area contributed by atoms with E-state index in [1.807, 2.05) is 43.3 Å². The van der Waals surface area contributed by atoms with Crippen molar-refractivity contribution in [1.82, 2.24) is 14.5 Å². The molecule has 3 aromatic heterocycles. The zero-order chi connectivity index (χ0) is 21.8. The fourth-order valence-corrected chi connectivity index (χ4v) is 4.51. The van der Waals surface area contributed by atoms with Crippen LogP contribution in [0.3, 0.4) is 0 Å². The van der Waals surface area contributed by atoms with Gasteiger partial charge in [-0.15, -0.1) is 11.3 Å². The van der Waals surface area contributed by atoms with Crippen molar-refractivity contribution in [3.63, 3.8) is 0 Å². The molecule has 0 fully saturated rings. The second kappa shape index (κ2) is 9.31. The highest BCUT2D eigenvalue weighted by Crippen LogP contribution is 2.31. The first-order valence-electron chi connectivity index (χ1n) is 10.5. The molecule has 160 valence electrons. The SMILES string of the molecule is CCCOc1c[nH]c(Cn2c(CCC)nc3sc(-c4ccccc4)cc3c2=O)cc1=O. The maximum absolute atomic E-state index is 13.4. The van der Waals surface area contributed by atoms with Crippen LogP contribution < -0.4 is 15.7 Å². The maximum atomic E-state index is 13.4. The summed E-state index contributed by atoms with van der Waals surface area (Å²) in [5.74, 6) is 1.03. The van der Waals surface area contributed by atoms with E-state index >= 15 is 0 Å². The zero-order valence-electron chi connectivity index (χ0n) is 17.7. The molecule has 6 nitrogen and oxygen atoms in total. The minimum absolute atomic E-state index is 0.0842. The van der Waals surface area contributed by atoms with Gasteiger partial charge in [0.15, 0.2) is 5.75 Å². The van der Waals surface area contributed by atoms with Crippen molar-refractivity contribution in [1.29, 1.82) is 0 Å². The Morgan fingerprint density at radius 2 is 1.90 bits per heavy atom. The van der Waals surface area contributed by atoms with E-state index in [1.54, 1.807) is 10.8 Å². The fraction of sp³-hybridized carbons (Fsp3) is 0.292. The number of nitrogens with one attached hydrogen (secondary N) is 1. The molecule has 0 bridgehead atoms. The van der Waals surface area contributed by atoms with Gasteiger partial charge < -0.3 is 9.72 Å². The standard InChI is InChI=1S/C24H25N3O3S/c1-3-8-22-26-23-18(13-21(31-23)16-9-6-5-7-10-16)24(29)27(22)15-17-12-19(28)20(14-25-17)30-11-4-2/h5-7,9-10,12-14H,3-4,8,11,15H2,1-2H3,(H,25,28). The Morgan fingerprint density at radius 3 is 2.61 bits per heavy atom. The molecule has 4 aromatic rings. The fourth-order valence-electron chi connectivity index (χ4n) is 3.47. The lowest BCUT2D eigenvalue weighted by atomic mass is 10.2. The molecule has 0 unspecified atom stereocenters. The lowest BCUT2D eigenvalue weighted by molar-refractivity contribution is 0.313. The van der Waals surface area contributed by atoms with Gasteiger partial charge in [0.2, 0.25) is 5.43 Å². The number of thiophene rings is 1. The van der Waals surface area contributed by atoms with Crippen LogP contribution in [0.15, 0.2) is 58.3 Å². The van der Waals surface area contributed by atoms with Crippen molar-refractivity contribution >= 4 is 21.6 Å². The lowest BCUT2D eigenvalue weighted by Crippen LogP contribution is -2.26. The van der Waals surface area contributed by atoms with E-state index in [4.69, 9.17) is 9.72 Å². The maximum Gasteiger partial charge on any atom is 0.262 e. The zero-order valence-corrected chi connectivity index (χ0v) is 18.5. The second-order valence-electron chi connectivity index (χ2n) is 7.40. The van der Waals surface area contributed by atoms with Gasteiger partial charge in [0, 0.05) is 29.3 Å². The minimum atomic E-state index is -0.191. The quantitative estimate of drug-likeness (QED) is 0.439. The van der Waals surface area contributed by atoms with Crippen molar-refractivity contribution in [2.24, 2.45) is 0 Å². The molecule has 1 N–H and O–H groups in total. The predicted molar refractivity (Wildman–Crippen MR) is 125 cm³/mol. The third-order valence-corrected chi connectivity index (χ3v) is 6.07. The highest BCUT2D eigenvalue weighted by atomic mass is 32.1. The molecule has 7 heteroatoms. The average Bonchev–Trinajstić information content (AvgIpc) is 3.21. The molecule has 0 saturated carbocycles. The number of pyridine rings is 1. The van der Waals surface area contributed by atoms with Crippen LogP contribution >= 0.6 is 11.3 Å². The summed E-state index contributed by atoms with van der Waals surface area (Å²) in [6.45, 7) is 4.80. The number of rotatable bonds is 8. The molecule has 0 aliphatic carbocycles. The molecule has 0 aliphatic heterocycles. The Morgan fingerprint density at radius 1 is 1.10 bits per heavy atom. The molecule has 3 heterocycles. The molecule has 0 aliphatic rings. The summed E-state index contributed by atoms with van der Waals surface area (Å²) in [6, 6.07) is 13.4. The van der Waals surface area contributed by atoms with Crippen LogP contribution in [-0.4, -0.2) is 21.1 Å². The number of aromatic amines is 1. The number of ether oxygens (including phenoxy) is 1. The number of hydrogen-bond acceptors (Lipinski definition) is 5. The molecular formula is C24H25N3O3S. The largest absolute Gasteiger partial charge is 0.488 e. The summed E-state index contributed by atoms with van der Waals surface area (Å²) < 4.78 is 7.13. The molecule has 0 amide bonds. The van der Waals surface area contributed by atoms with Crippen LogP contribution in [0.5, 0.6) is 5.75 Å². The smallest absolute Gasteiger partial charge is 0.262 e. The third kappa shape index (κ3) is 4.46. The topological polar surface area (TPSA) is 77.0 Å². The van der Waals surface area contributed by atoms with Gasteiger partial charge in [0.05, 0.1) is 18.5 Å². The van der Waals surface area contributed by atoms with E-state index in [-0.39, 0.29) is 17.5 Å². The van der Waals surface area contributed by atoms with E-state index in [9.17, 15) is 9.59 Å². The molecule has 4 rings (SSSR count). The predicted octanol–water partition coefficient (Wildman–Crippen LogP) is 4.60. The van der Waals surface area contributed by atoms with E-state index in [1.165, 1.54) is 17.4 Å². The van der Waals surface area contributed by atoms with Gasteiger partial charge in [-0.2, -0.15) is 0 Å². The summed E-state index contributed by atoms with van der Waals surface area (Å²) in [5.41, 5.74) is 1.44. The number of fused-ring (bicyclic) bond motifs is 1. The van der Waals surface area contributed by atoms with Crippen molar-refractivity contribution in [3.8, 4) is 16.2 Å². The van der Waals surface area contributed by atoms with Crippen LogP contribution in [0.4, 0.5) is 0 Å². The molecule has 31 heavy (non-hydrogen) atoms. The Balaban J connectivity index is 1.75. The number of H-pyrrole nitrogens is 1. The number of aryl methyl sites for hydroxylation is 1. The Kier molecular flexibility index (Phi) is 6.32. The number of hydrogen-bond donors (Lipinski definition) is 1. The summed E-state index contributed by atoms with van der Waals surface area (Å²) in [7, 11) is 0. The summed E-state index contributed by atoms with van der Waals surface area (Å²) in [5, 5.41) is 0.606. The molecule has 1 aromatic carbocycles. The Bertz CT molecular complexity index is 1310. The van der Waals surface area contributed by atoms with Gasteiger partial charge in [0.25, 0.3) is 5.56 Å². The minimum Gasteiger partial charge on any atom is -0.488 e. The van der Waals surface area contributed by atoms with Gasteiger partial charge in [-0.3, -0.25) is 14.2 Å². The summed E-state index contributed by atoms with van der Waals surface area (Å²) >= 11 is 1.53.